The standard InChI is InChI=1S/C3H8NS.2C2H6N2.Co/c1-5-3-2-4;2*3-1-2-4;/h4H,2-3H2,1H3;2*3-4H,1-2H2;/q-1;2*-2;/p+1. The second-order valence-electron chi connectivity index (χ2n) is 1.79. The summed E-state index contributed by atoms with van der Waals surface area (Å²) < 4.78 is 0. The van der Waals surface area contributed by atoms with E-state index in [9.17, 15) is 0 Å². The van der Waals surface area contributed by atoms with Crippen molar-refractivity contribution in [2.24, 2.45) is 0 Å². The zero-order chi connectivity index (χ0) is 10.9. The molecule has 5 nitrogen and oxygen atoms in total. The van der Waals surface area contributed by atoms with Gasteiger partial charge < -0.3 is 28.7 Å². The van der Waals surface area contributed by atoms with Crippen LogP contribution in [0.4, 0.5) is 0 Å². The first-order valence-corrected chi connectivity index (χ1v) is 5.56. The summed E-state index contributed by atoms with van der Waals surface area (Å²) in [7, 11) is 0. The van der Waals surface area contributed by atoms with E-state index >= 15 is 0 Å². The Morgan fingerprint density at radius 2 is 1.00 bits per heavy atom. The molecule has 1 radical (unpaired) electrons. The number of thiol groups is 1. The van der Waals surface area contributed by atoms with Crippen LogP contribution >= 0.6 is 0 Å². The van der Waals surface area contributed by atoms with Crippen molar-refractivity contribution >= 4 is 11.8 Å². The van der Waals surface area contributed by atoms with Crippen LogP contribution in [0.2, 0.25) is 0 Å². The molecule has 0 bridgehead atoms. The molecule has 0 rings (SSSR count). The monoisotopic (exact) mass is 266 g/mol. The Morgan fingerprint density at radius 3 is 1.00 bits per heavy atom. The van der Waals surface area contributed by atoms with Crippen LogP contribution in [0.5, 0.6) is 0 Å². The van der Waals surface area contributed by atoms with Crippen molar-refractivity contribution in [3.8, 4) is 0 Å². The maximum atomic E-state index is 6.60. The van der Waals surface area contributed by atoms with Gasteiger partial charge in [-0.2, -0.15) is 26.2 Å². The molecular weight excluding hydrogens is 245 g/mol. The molecule has 0 spiro atoms. The molecule has 0 atom stereocenters. The molecule has 0 aliphatic carbocycles. The van der Waals surface area contributed by atoms with Crippen LogP contribution in [0.1, 0.15) is 0 Å². The van der Waals surface area contributed by atoms with Crippen LogP contribution < -0.4 is 0 Å². The van der Waals surface area contributed by atoms with Gasteiger partial charge in [0.25, 0.3) is 0 Å². The van der Waals surface area contributed by atoms with Gasteiger partial charge in [0, 0.05) is 16.8 Å². The smallest absolute Gasteiger partial charge is 0.0951 e. The summed E-state index contributed by atoms with van der Waals surface area (Å²) in [4.78, 5) is 0. The molecule has 14 heavy (non-hydrogen) atoms. The number of hydrogen-bond acceptors (Lipinski definition) is 0. The first-order chi connectivity index (χ1) is 6.24. The van der Waals surface area contributed by atoms with Crippen LogP contribution in [0, 0.1) is 0 Å². The minimum atomic E-state index is 0. The molecule has 0 aromatic heterocycles. The third-order valence-electron chi connectivity index (χ3n) is 0.585. The maximum absolute atomic E-state index is 6.60. The van der Waals surface area contributed by atoms with Crippen LogP contribution in [-0.2, 0) is 28.5 Å². The van der Waals surface area contributed by atoms with Gasteiger partial charge >= 0.3 is 0 Å². The van der Waals surface area contributed by atoms with Gasteiger partial charge in [0.15, 0.2) is 0 Å². The van der Waals surface area contributed by atoms with E-state index in [0.717, 1.165) is 5.75 Å². The van der Waals surface area contributed by atoms with E-state index in [0.29, 0.717) is 6.54 Å². The number of hydrogen-bond donors (Lipinski definition) is 0. The van der Waals surface area contributed by atoms with E-state index in [1.807, 2.05) is 0 Å². The van der Waals surface area contributed by atoms with Gasteiger partial charge in [-0.3, -0.25) is 0 Å². The Balaban J connectivity index is -0.0000000522. The molecule has 0 aliphatic rings. The Morgan fingerprint density at radius 1 is 0.714 bits per heavy atom. The molecule has 93 valence electrons. The van der Waals surface area contributed by atoms with E-state index in [-0.39, 0.29) is 43.0 Å². The second-order valence-corrected chi connectivity index (χ2v) is 2.87. The first kappa shape index (κ1) is 24.1. The van der Waals surface area contributed by atoms with Crippen LogP contribution in [-0.4, -0.2) is 44.7 Å². The molecule has 7 heteroatoms. The van der Waals surface area contributed by atoms with Crippen molar-refractivity contribution in [2.75, 3.05) is 44.7 Å². The molecule has 0 aromatic carbocycles. The molecule has 0 saturated heterocycles. The average molecular weight is 266 g/mol. The van der Waals surface area contributed by atoms with Gasteiger partial charge in [-0.1, -0.05) is 0 Å². The van der Waals surface area contributed by atoms with Gasteiger partial charge in [-0.05, 0) is 11.8 Å². The van der Waals surface area contributed by atoms with Crippen LogP contribution in [0.3, 0.4) is 0 Å². The van der Waals surface area contributed by atoms with E-state index in [1.54, 1.807) is 0 Å². The van der Waals surface area contributed by atoms with Crippen molar-refractivity contribution in [2.45, 2.75) is 0 Å². The molecule has 5 N–H and O–H groups in total. The molecule has 0 amide bonds. The van der Waals surface area contributed by atoms with Crippen molar-refractivity contribution in [1.29, 1.82) is 0 Å². The minimum absolute atomic E-state index is 0. The largest absolute Gasteiger partial charge is 0.679 e. The Bertz CT molecular complexity index is 51.3. The van der Waals surface area contributed by atoms with Crippen LogP contribution in [0.15, 0.2) is 0 Å². The second kappa shape index (κ2) is 37.3. The Kier molecular flexibility index (Phi) is 64.2. The first-order valence-electron chi connectivity index (χ1n) is 4.03. The zero-order valence-electron chi connectivity index (χ0n) is 8.52. The quantitative estimate of drug-likeness (QED) is 0.549. The van der Waals surface area contributed by atoms with Crippen molar-refractivity contribution < 1.29 is 16.8 Å². The summed E-state index contributed by atoms with van der Waals surface area (Å²) in [6.45, 7) is 1.53. The van der Waals surface area contributed by atoms with Crippen molar-refractivity contribution in [1.82, 2.24) is 0 Å². The number of nitrogens with one attached hydrogen (secondary N) is 5. The van der Waals surface area contributed by atoms with E-state index in [2.05, 4.69) is 6.26 Å². The number of rotatable bonds is 4. The summed E-state index contributed by atoms with van der Waals surface area (Å²) in [6, 6.07) is 0. The molecule has 0 aliphatic heterocycles. The predicted molar refractivity (Wildman–Crippen MR) is 65.5 cm³/mol. The minimum Gasteiger partial charge on any atom is -0.679 e. The fourth-order valence-corrected chi connectivity index (χ4v) is 0.335. The third kappa shape index (κ3) is 79.3. The molecule has 0 aromatic rings. The summed E-state index contributed by atoms with van der Waals surface area (Å²) >= 11 is 1.34. The SMILES string of the molecule is C[SH+]CC[NH-].[Co].[NH-]CC[NH-].[NH-]CC[NH-]. The fraction of sp³-hybridized carbons (Fsp3) is 1.00. The summed E-state index contributed by atoms with van der Waals surface area (Å²) in [5, 5.41) is 0. The van der Waals surface area contributed by atoms with Gasteiger partial charge in [0.1, 0.15) is 0 Å². The molecule has 0 saturated carbocycles. The normalized spacial score (nSPS) is 7.29. The van der Waals surface area contributed by atoms with Gasteiger partial charge in [-0.15, -0.1) is 6.54 Å². The van der Waals surface area contributed by atoms with Gasteiger partial charge in [-0.25, -0.2) is 0 Å². The average Bonchev–Trinajstić information content (AvgIpc) is 2.20. The summed E-state index contributed by atoms with van der Waals surface area (Å²) in [5.41, 5.74) is 31.7. The summed E-state index contributed by atoms with van der Waals surface area (Å²) in [6.07, 6.45) is 2.06. The molecule has 0 fully saturated rings. The third-order valence-corrected chi connectivity index (χ3v) is 1.26. The Hall–Kier alpha value is 0.656. The van der Waals surface area contributed by atoms with E-state index < -0.39 is 0 Å². The topological polar surface area (TPSA) is 119 Å². The summed E-state index contributed by atoms with van der Waals surface area (Å²) in [5.74, 6) is 1.03. The van der Waals surface area contributed by atoms with Gasteiger partial charge in [0.05, 0.1) is 12.0 Å². The van der Waals surface area contributed by atoms with Crippen LogP contribution in [0.25, 0.3) is 28.7 Å². The Labute approximate surface area is 102 Å². The van der Waals surface area contributed by atoms with E-state index in [1.165, 1.54) is 11.8 Å². The molecular formula is C7H21CoN5S-4. The van der Waals surface area contributed by atoms with E-state index in [4.69, 9.17) is 28.7 Å². The van der Waals surface area contributed by atoms with Gasteiger partial charge in [0.2, 0.25) is 0 Å². The van der Waals surface area contributed by atoms with Crippen molar-refractivity contribution in [3.63, 3.8) is 0 Å². The molecule has 0 heterocycles. The molecule has 0 unspecified atom stereocenters. The fourth-order valence-electron chi connectivity index (χ4n) is 0.112. The maximum Gasteiger partial charge on any atom is 0.0951 e. The van der Waals surface area contributed by atoms with Crippen molar-refractivity contribution in [3.05, 3.63) is 28.7 Å². The zero-order valence-corrected chi connectivity index (χ0v) is 10.5. The predicted octanol–water partition coefficient (Wildman–Crippen LogP) is 2.66.